The first-order valence-corrected chi connectivity index (χ1v) is 6.67. The number of aromatic amines is 1. The zero-order valence-corrected chi connectivity index (χ0v) is 11.0. The molecule has 0 saturated heterocycles. The topological polar surface area (TPSA) is 90.9 Å². The van der Waals surface area contributed by atoms with Crippen molar-refractivity contribution in [3.05, 3.63) is 52.1 Å². The van der Waals surface area contributed by atoms with E-state index in [1.165, 1.54) is 17.4 Å². The second kappa shape index (κ2) is 5.14. The van der Waals surface area contributed by atoms with E-state index < -0.39 is 0 Å². The van der Waals surface area contributed by atoms with Gasteiger partial charge in [0.15, 0.2) is 5.69 Å². The quantitative estimate of drug-likeness (QED) is 0.687. The molecule has 0 bridgehead atoms. The van der Waals surface area contributed by atoms with Gasteiger partial charge in [-0.25, -0.2) is 0 Å². The molecule has 0 aliphatic heterocycles. The van der Waals surface area contributed by atoms with Gasteiger partial charge in [-0.3, -0.25) is 9.78 Å². The van der Waals surface area contributed by atoms with Gasteiger partial charge >= 0.3 is 0 Å². The van der Waals surface area contributed by atoms with E-state index in [0.717, 1.165) is 4.88 Å². The maximum absolute atomic E-state index is 12.0. The number of rotatable bonds is 3. The van der Waals surface area contributed by atoms with Crippen LogP contribution in [0.2, 0.25) is 0 Å². The number of H-pyrrole nitrogens is 1. The van der Waals surface area contributed by atoms with Crippen molar-refractivity contribution in [2.45, 2.75) is 0 Å². The van der Waals surface area contributed by atoms with Gasteiger partial charge in [-0.2, -0.15) is 0 Å². The second-order valence-electron chi connectivity index (χ2n) is 4.00. The Labute approximate surface area is 117 Å². The predicted molar refractivity (Wildman–Crippen MR) is 77.4 cm³/mol. The average Bonchev–Trinajstić information content (AvgIpc) is 2.92. The summed E-state index contributed by atoms with van der Waals surface area (Å²) in [5, 5.41) is 22.0. The molecule has 0 spiro atoms. The number of anilines is 2. The molecule has 3 aromatic rings. The van der Waals surface area contributed by atoms with E-state index in [-0.39, 0.29) is 17.3 Å². The van der Waals surface area contributed by atoms with Crippen molar-refractivity contribution in [3.8, 4) is 16.3 Å². The van der Waals surface area contributed by atoms with Crippen LogP contribution in [0.25, 0.3) is 10.6 Å². The van der Waals surface area contributed by atoms with Crippen LogP contribution in [0.5, 0.6) is 5.75 Å². The third kappa shape index (κ3) is 2.52. The minimum Gasteiger partial charge on any atom is -0.508 e. The summed E-state index contributed by atoms with van der Waals surface area (Å²) in [4.78, 5) is 15.3. The van der Waals surface area contributed by atoms with E-state index >= 15 is 0 Å². The average molecular weight is 286 g/mol. The first kappa shape index (κ1) is 12.4. The number of phenols is 1. The third-order valence-electron chi connectivity index (χ3n) is 2.56. The van der Waals surface area contributed by atoms with Gasteiger partial charge in [-0.1, -0.05) is 12.1 Å². The van der Waals surface area contributed by atoms with E-state index in [0.29, 0.717) is 11.4 Å². The summed E-state index contributed by atoms with van der Waals surface area (Å²) in [6.07, 6.45) is 0. The van der Waals surface area contributed by atoms with Crippen LogP contribution in [0.4, 0.5) is 11.6 Å². The van der Waals surface area contributed by atoms with Gasteiger partial charge in [0.1, 0.15) is 5.75 Å². The molecule has 3 N–H and O–H groups in total. The molecule has 2 aromatic heterocycles. The van der Waals surface area contributed by atoms with Crippen molar-refractivity contribution in [3.63, 3.8) is 0 Å². The molecule has 6 nitrogen and oxygen atoms in total. The van der Waals surface area contributed by atoms with Gasteiger partial charge < -0.3 is 10.4 Å². The van der Waals surface area contributed by atoms with E-state index in [2.05, 4.69) is 20.5 Å². The number of nitrogens with one attached hydrogen (secondary N) is 2. The Balaban J connectivity index is 1.89. The van der Waals surface area contributed by atoms with Crippen LogP contribution in [0.3, 0.4) is 0 Å². The molecule has 1 aromatic carbocycles. The molecule has 0 aliphatic rings. The molecular weight excluding hydrogens is 276 g/mol. The van der Waals surface area contributed by atoms with Crippen LogP contribution in [0.15, 0.2) is 46.6 Å². The Kier molecular flexibility index (Phi) is 3.18. The summed E-state index contributed by atoms with van der Waals surface area (Å²) < 4.78 is 0. The van der Waals surface area contributed by atoms with Crippen LogP contribution < -0.4 is 10.9 Å². The summed E-state index contributed by atoms with van der Waals surface area (Å²) in [5.41, 5.74) is 0.588. The highest BCUT2D eigenvalue weighted by molar-refractivity contribution is 7.13. The molecule has 0 saturated carbocycles. The zero-order valence-electron chi connectivity index (χ0n) is 10.2. The van der Waals surface area contributed by atoms with Crippen molar-refractivity contribution in [2.24, 2.45) is 0 Å². The van der Waals surface area contributed by atoms with E-state index in [9.17, 15) is 9.90 Å². The first-order valence-electron chi connectivity index (χ1n) is 5.79. The van der Waals surface area contributed by atoms with Crippen molar-refractivity contribution in [2.75, 3.05) is 5.32 Å². The Hall–Kier alpha value is -2.67. The fourth-order valence-electron chi connectivity index (χ4n) is 1.69. The number of hydrogen-bond donors (Lipinski definition) is 3. The number of aromatic hydroxyl groups is 1. The van der Waals surface area contributed by atoms with E-state index in [4.69, 9.17) is 0 Å². The van der Waals surface area contributed by atoms with Crippen LogP contribution in [0.1, 0.15) is 0 Å². The minimum absolute atomic E-state index is 0.125. The number of phenolic OH excluding ortho intramolecular Hbond substituents is 1. The summed E-state index contributed by atoms with van der Waals surface area (Å²) >= 11 is 1.43. The lowest BCUT2D eigenvalue weighted by Crippen LogP contribution is -2.15. The highest BCUT2D eigenvalue weighted by Gasteiger charge is 2.08. The number of nitrogens with zero attached hydrogens (tertiary/aromatic N) is 2. The third-order valence-corrected chi connectivity index (χ3v) is 3.44. The first-order chi connectivity index (χ1) is 9.72. The standard InChI is InChI=1S/C13H10N4O2S/c18-9-4-1-3-8(7-9)14-13-15-12(19)11(16-17-13)10-5-2-6-20-10/h1-7,18H,(H2,14,15,17,19). The molecule has 0 fully saturated rings. The monoisotopic (exact) mass is 286 g/mol. The Morgan fingerprint density at radius 1 is 1.20 bits per heavy atom. The summed E-state index contributed by atoms with van der Waals surface area (Å²) in [6.45, 7) is 0. The molecule has 0 amide bonds. The molecule has 3 rings (SSSR count). The van der Waals surface area contributed by atoms with Crippen LogP contribution in [0, 0.1) is 0 Å². The van der Waals surface area contributed by atoms with Crippen molar-refractivity contribution in [1.29, 1.82) is 0 Å². The molecule has 7 heteroatoms. The largest absolute Gasteiger partial charge is 0.508 e. The molecule has 0 aliphatic carbocycles. The number of aromatic nitrogens is 3. The highest BCUT2D eigenvalue weighted by Crippen LogP contribution is 2.20. The highest BCUT2D eigenvalue weighted by atomic mass is 32.1. The molecule has 100 valence electrons. The van der Waals surface area contributed by atoms with Gasteiger partial charge in [0.25, 0.3) is 5.56 Å². The molecule has 2 heterocycles. The van der Waals surface area contributed by atoms with Crippen LogP contribution in [-0.4, -0.2) is 20.3 Å². The van der Waals surface area contributed by atoms with Gasteiger partial charge in [-0.05, 0) is 23.6 Å². The van der Waals surface area contributed by atoms with Gasteiger partial charge in [0.2, 0.25) is 5.95 Å². The number of hydrogen-bond acceptors (Lipinski definition) is 6. The lowest BCUT2D eigenvalue weighted by molar-refractivity contribution is 0.475. The van der Waals surface area contributed by atoms with Crippen molar-refractivity contribution in [1.82, 2.24) is 15.2 Å². The lowest BCUT2D eigenvalue weighted by atomic mass is 10.3. The maximum Gasteiger partial charge on any atom is 0.280 e. The molecule has 0 atom stereocenters. The summed E-state index contributed by atoms with van der Waals surface area (Å²) in [6, 6.07) is 10.2. The Bertz CT molecular complexity index is 783. The van der Waals surface area contributed by atoms with Crippen molar-refractivity contribution >= 4 is 23.0 Å². The van der Waals surface area contributed by atoms with Gasteiger partial charge in [0.05, 0.1) is 4.88 Å². The fourth-order valence-corrected chi connectivity index (χ4v) is 2.39. The molecule has 0 unspecified atom stereocenters. The van der Waals surface area contributed by atoms with Gasteiger partial charge in [-0.15, -0.1) is 21.5 Å². The zero-order chi connectivity index (χ0) is 13.9. The van der Waals surface area contributed by atoms with E-state index in [1.54, 1.807) is 18.2 Å². The van der Waals surface area contributed by atoms with Gasteiger partial charge in [0, 0.05) is 11.8 Å². The minimum atomic E-state index is -0.315. The van der Waals surface area contributed by atoms with Crippen LogP contribution in [-0.2, 0) is 0 Å². The van der Waals surface area contributed by atoms with Crippen molar-refractivity contribution < 1.29 is 5.11 Å². The molecule has 20 heavy (non-hydrogen) atoms. The predicted octanol–water partition coefficient (Wildman–Crippen LogP) is 2.34. The Morgan fingerprint density at radius 2 is 2.10 bits per heavy atom. The summed E-state index contributed by atoms with van der Waals surface area (Å²) in [7, 11) is 0. The Morgan fingerprint density at radius 3 is 2.80 bits per heavy atom. The lowest BCUT2D eigenvalue weighted by Gasteiger charge is -2.05. The SMILES string of the molecule is O=c1[nH]c(Nc2cccc(O)c2)nnc1-c1cccs1. The number of thiophene rings is 1. The smallest absolute Gasteiger partial charge is 0.280 e. The fraction of sp³-hybridized carbons (Fsp3) is 0. The summed E-state index contributed by atoms with van der Waals surface area (Å²) in [5.74, 6) is 0.349. The number of benzene rings is 1. The van der Waals surface area contributed by atoms with E-state index in [1.807, 2.05) is 17.5 Å². The normalized spacial score (nSPS) is 10.4. The molecular formula is C13H10N4O2S. The molecule has 0 radical (unpaired) electrons. The second-order valence-corrected chi connectivity index (χ2v) is 4.95. The maximum atomic E-state index is 12.0. The van der Waals surface area contributed by atoms with Crippen LogP contribution >= 0.6 is 11.3 Å².